The summed E-state index contributed by atoms with van der Waals surface area (Å²) in [5.41, 5.74) is -0.815. The van der Waals surface area contributed by atoms with Crippen molar-refractivity contribution < 1.29 is 34.4 Å². The summed E-state index contributed by atoms with van der Waals surface area (Å²) < 4.78 is 6.12. The summed E-state index contributed by atoms with van der Waals surface area (Å²) in [7, 11) is 2.15. The van der Waals surface area contributed by atoms with E-state index in [4.69, 9.17) is 14.9 Å². The number of carboxylic acids is 2. The van der Waals surface area contributed by atoms with E-state index in [0.717, 1.165) is 51.6 Å². The number of nitrogens with zero attached hydrogens (tertiary/aromatic N) is 1. The molecule has 2 unspecified atom stereocenters. The number of hydrogen-bond donors (Lipinski definition) is 3. The Morgan fingerprint density at radius 3 is 1.94 bits per heavy atom. The Balaban J connectivity index is 0.000000350. The molecule has 3 N–H and O–H groups in total. The van der Waals surface area contributed by atoms with E-state index in [-0.39, 0.29) is 24.9 Å². The summed E-state index contributed by atoms with van der Waals surface area (Å²) in [5, 5.41) is 27.4. The largest absolute Gasteiger partial charge is 0.481 e. The molecular formula is C26H37NO7. The molecule has 34 heavy (non-hydrogen) atoms. The fourth-order valence-corrected chi connectivity index (χ4v) is 5.80. The zero-order valence-electron chi connectivity index (χ0n) is 19.9. The number of esters is 1. The van der Waals surface area contributed by atoms with Gasteiger partial charge in [-0.3, -0.25) is 9.59 Å². The number of aliphatic carboxylic acids is 2. The number of ether oxygens (including phenoxy) is 1. The molecule has 0 spiro atoms. The highest BCUT2D eigenvalue weighted by molar-refractivity contribution is 5.82. The van der Waals surface area contributed by atoms with E-state index >= 15 is 0 Å². The maximum atomic E-state index is 13.3. The van der Waals surface area contributed by atoms with Crippen molar-refractivity contribution in [2.75, 3.05) is 20.1 Å². The van der Waals surface area contributed by atoms with Gasteiger partial charge in [-0.15, -0.1) is 0 Å². The van der Waals surface area contributed by atoms with Crippen LogP contribution in [0.25, 0.3) is 0 Å². The fourth-order valence-electron chi connectivity index (χ4n) is 5.80. The predicted octanol–water partition coefficient (Wildman–Crippen LogP) is 3.27. The van der Waals surface area contributed by atoms with Gasteiger partial charge in [0.25, 0.3) is 0 Å². The van der Waals surface area contributed by atoms with Gasteiger partial charge in [0.15, 0.2) is 5.60 Å². The zero-order valence-corrected chi connectivity index (χ0v) is 19.9. The second-order valence-electron chi connectivity index (χ2n) is 9.94. The molecule has 1 aromatic rings. The van der Waals surface area contributed by atoms with Crippen molar-refractivity contribution >= 4 is 17.9 Å². The second-order valence-corrected chi connectivity index (χ2v) is 9.94. The van der Waals surface area contributed by atoms with Gasteiger partial charge in [0.05, 0.1) is 12.8 Å². The van der Waals surface area contributed by atoms with Crippen molar-refractivity contribution in [1.82, 2.24) is 4.90 Å². The maximum absolute atomic E-state index is 13.3. The van der Waals surface area contributed by atoms with E-state index in [0.29, 0.717) is 17.4 Å². The second kappa shape index (κ2) is 11.8. The van der Waals surface area contributed by atoms with Crippen LogP contribution in [0.5, 0.6) is 0 Å². The lowest BCUT2D eigenvalue weighted by molar-refractivity contribution is -0.191. The van der Waals surface area contributed by atoms with Gasteiger partial charge in [-0.25, -0.2) is 4.79 Å². The Morgan fingerprint density at radius 1 is 0.912 bits per heavy atom. The van der Waals surface area contributed by atoms with Gasteiger partial charge in [0.2, 0.25) is 0 Å². The monoisotopic (exact) mass is 475 g/mol. The third-order valence-corrected chi connectivity index (χ3v) is 7.44. The third kappa shape index (κ3) is 6.36. The number of carbonyl (C=O) groups excluding carboxylic acids is 1. The van der Waals surface area contributed by atoms with Gasteiger partial charge in [0, 0.05) is 30.8 Å². The Bertz CT molecular complexity index is 811. The molecule has 1 saturated heterocycles. The first-order chi connectivity index (χ1) is 16.2. The molecule has 1 aliphatic heterocycles. The quantitative estimate of drug-likeness (QED) is 0.513. The number of fused-ring (bicyclic) bond motifs is 2. The minimum Gasteiger partial charge on any atom is -0.481 e. The minimum atomic E-state index is -1.50. The molecule has 188 valence electrons. The van der Waals surface area contributed by atoms with E-state index in [2.05, 4.69) is 11.9 Å². The van der Waals surface area contributed by atoms with Crippen molar-refractivity contribution in [3.63, 3.8) is 0 Å². The zero-order chi connectivity index (χ0) is 24.7. The molecule has 2 bridgehead atoms. The van der Waals surface area contributed by atoms with E-state index in [9.17, 15) is 19.5 Å². The van der Waals surface area contributed by atoms with Crippen LogP contribution in [0.4, 0.5) is 0 Å². The SMILES string of the molecule is CN1CC2CCCC(C1)C2OC(=O)[C@](O)(c1ccccc1)C1CCCC1.O=C(O)CCC(=O)O. The number of aliphatic hydroxyl groups is 1. The topological polar surface area (TPSA) is 124 Å². The predicted molar refractivity (Wildman–Crippen MR) is 125 cm³/mol. The maximum Gasteiger partial charge on any atom is 0.343 e. The van der Waals surface area contributed by atoms with Crippen molar-refractivity contribution in [2.24, 2.45) is 17.8 Å². The van der Waals surface area contributed by atoms with Crippen LogP contribution in [-0.4, -0.2) is 64.4 Å². The molecule has 2 saturated carbocycles. The molecule has 3 atom stereocenters. The number of piperidine rings is 1. The summed E-state index contributed by atoms with van der Waals surface area (Å²) in [6.45, 7) is 1.98. The van der Waals surface area contributed by atoms with Crippen molar-refractivity contribution in [1.29, 1.82) is 0 Å². The van der Waals surface area contributed by atoms with Crippen LogP contribution in [0.15, 0.2) is 30.3 Å². The summed E-state index contributed by atoms with van der Waals surface area (Å²) in [6, 6.07) is 9.45. The molecule has 8 heteroatoms. The number of carboxylic acid groups (broad SMARTS) is 2. The number of hydrogen-bond acceptors (Lipinski definition) is 6. The molecular weight excluding hydrogens is 438 g/mol. The van der Waals surface area contributed by atoms with Crippen LogP contribution < -0.4 is 0 Å². The fraction of sp³-hybridized carbons (Fsp3) is 0.654. The third-order valence-electron chi connectivity index (χ3n) is 7.44. The van der Waals surface area contributed by atoms with Crippen LogP contribution in [0.3, 0.4) is 0 Å². The van der Waals surface area contributed by atoms with Crippen LogP contribution in [0.2, 0.25) is 0 Å². The lowest BCUT2D eigenvalue weighted by Crippen LogP contribution is -2.54. The summed E-state index contributed by atoms with van der Waals surface area (Å²) in [4.78, 5) is 35.0. The number of benzene rings is 1. The standard InChI is InChI=1S/C22H31NO3.C4H6O4/c1-23-14-16-8-7-9-17(15-23)20(16)26-21(24)22(25,19-12-5-6-13-19)18-10-3-2-4-11-18;5-3(6)1-2-4(7)8/h2-4,10-11,16-17,19-20,25H,5-9,12-15H2,1H3;1-2H2,(H,5,6)(H,7,8)/t16?,17?,20?,22-;/m0./s1. The number of carbonyl (C=O) groups is 3. The van der Waals surface area contributed by atoms with Gasteiger partial charge in [-0.1, -0.05) is 49.6 Å². The Labute approximate surface area is 200 Å². The number of likely N-dealkylation sites (tertiary alicyclic amines) is 1. The average molecular weight is 476 g/mol. The summed E-state index contributed by atoms with van der Waals surface area (Å²) in [6.07, 6.45) is 6.76. The molecule has 0 aromatic heterocycles. The molecule has 0 radical (unpaired) electrons. The molecule has 1 heterocycles. The molecule has 3 aliphatic rings. The van der Waals surface area contributed by atoms with Crippen LogP contribution in [-0.2, 0) is 24.7 Å². The van der Waals surface area contributed by atoms with Gasteiger partial charge in [0.1, 0.15) is 6.10 Å². The van der Waals surface area contributed by atoms with Crippen LogP contribution in [0, 0.1) is 17.8 Å². The highest BCUT2D eigenvalue weighted by Gasteiger charge is 2.50. The Morgan fingerprint density at radius 2 is 1.44 bits per heavy atom. The van der Waals surface area contributed by atoms with Gasteiger partial charge >= 0.3 is 17.9 Å². The minimum absolute atomic E-state index is 0.0379. The summed E-state index contributed by atoms with van der Waals surface area (Å²) in [5.74, 6) is -1.80. The smallest absolute Gasteiger partial charge is 0.343 e. The molecule has 0 amide bonds. The van der Waals surface area contributed by atoms with Crippen LogP contribution >= 0.6 is 0 Å². The molecule has 1 aromatic carbocycles. The molecule has 2 aliphatic carbocycles. The highest BCUT2D eigenvalue weighted by Crippen LogP contribution is 2.43. The molecule has 8 nitrogen and oxygen atoms in total. The first kappa shape index (κ1) is 26.2. The molecule has 4 rings (SSSR count). The highest BCUT2D eigenvalue weighted by atomic mass is 16.6. The average Bonchev–Trinajstić information content (AvgIpc) is 3.34. The Hall–Kier alpha value is -2.45. The number of rotatable bonds is 7. The van der Waals surface area contributed by atoms with Crippen molar-refractivity contribution in [3.8, 4) is 0 Å². The van der Waals surface area contributed by atoms with E-state index in [1.165, 1.54) is 6.42 Å². The van der Waals surface area contributed by atoms with Crippen molar-refractivity contribution in [3.05, 3.63) is 35.9 Å². The van der Waals surface area contributed by atoms with Gasteiger partial charge in [-0.05, 0) is 38.3 Å². The van der Waals surface area contributed by atoms with E-state index < -0.39 is 23.5 Å². The lowest BCUT2D eigenvalue weighted by Gasteiger charge is -2.46. The first-order valence-corrected chi connectivity index (χ1v) is 12.3. The normalized spacial score (nSPS) is 26.6. The van der Waals surface area contributed by atoms with Crippen LogP contribution in [0.1, 0.15) is 63.4 Å². The lowest BCUT2D eigenvalue weighted by atomic mass is 9.75. The first-order valence-electron chi connectivity index (χ1n) is 12.3. The van der Waals surface area contributed by atoms with Crippen molar-refractivity contribution in [2.45, 2.75) is 69.5 Å². The van der Waals surface area contributed by atoms with E-state index in [1.807, 2.05) is 30.3 Å². The molecule has 3 fully saturated rings. The van der Waals surface area contributed by atoms with E-state index in [1.54, 1.807) is 0 Å². The van der Waals surface area contributed by atoms with Gasteiger partial charge in [-0.2, -0.15) is 0 Å². The summed E-state index contributed by atoms with van der Waals surface area (Å²) >= 11 is 0. The Kier molecular flexibility index (Phi) is 9.08. The van der Waals surface area contributed by atoms with Gasteiger partial charge < -0.3 is 25.0 Å².